The summed E-state index contributed by atoms with van der Waals surface area (Å²) in [5, 5.41) is 9.03. The summed E-state index contributed by atoms with van der Waals surface area (Å²) in [4.78, 5) is 6.62. The van der Waals surface area contributed by atoms with Crippen LogP contribution in [0, 0.1) is 34.5 Å². The van der Waals surface area contributed by atoms with Crippen molar-refractivity contribution in [3.05, 3.63) is 29.3 Å². The fourth-order valence-corrected chi connectivity index (χ4v) is 15.0. The standard InChI is InChI=1S/C48H74F9IN3O7PS2/c1-33(2)61(34(3)4)69(66-25-11-22-59)67-32-35(31-65-68-58)12-9-10-29-70-71-43(5,6)21-26-62-37-14-16-38-36(30-37)13-15-40-39(38)19-20-44(7)41(40)17-18-42(44)63-27-23-60(8)24-28-64-45(46(49,50)51,47(52,53)54)48(55,56)57/h14,16,30,33-35,39-42H,9-13,15,17-21,23-29,31-32H2,1-8H3. The third-order valence-electron chi connectivity index (χ3n) is 14.2. The molecule has 410 valence electrons. The van der Waals surface area contributed by atoms with Crippen LogP contribution in [0.15, 0.2) is 18.2 Å². The summed E-state index contributed by atoms with van der Waals surface area (Å²) in [6, 6.07) is 9.11. The molecule has 2 fully saturated rings. The largest absolute Gasteiger partial charge is 0.494 e. The number of alkyl halides is 9. The monoisotopic (exact) mass is 1200 g/mol. The molecule has 0 amide bonds. The van der Waals surface area contributed by atoms with Gasteiger partial charge in [0.1, 0.15) is 5.75 Å². The fraction of sp³-hybridized carbons (Fsp3) is 0.854. The molecular formula is C48H74F9IN3O7PS2. The minimum absolute atomic E-state index is 0.00481. The molecule has 1 aromatic carbocycles. The van der Waals surface area contributed by atoms with Gasteiger partial charge in [-0.3, -0.25) is 0 Å². The van der Waals surface area contributed by atoms with Crippen molar-refractivity contribution in [2.24, 2.45) is 23.2 Å². The van der Waals surface area contributed by atoms with Crippen LogP contribution in [0.4, 0.5) is 39.5 Å². The Bertz CT molecular complexity index is 1760. The van der Waals surface area contributed by atoms with Crippen LogP contribution in [-0.4, -0.2) is 122 Å². The first kappa shape index (κ1) is 63.0. The van der Waals surface area contributed by atoms with Gasteiger partial charge in [0.25, 0.3) is 8.53 Å². The number of hydrogen-bond donors (Lipinski definition) is 0. The number of benzene rings is 1. The number of hydrogen-bond acceptors (Lipinski definition) is 12. The smallest absolute Gasteiger partial charge is 0.435 e. The van der Waals surface area contributed by atoms with Gasteiger partial charge in [-0.25, -0.2) is 9.56 Å². The highest BCUT2D eigenvalue weighted by molar-refractivity contribution is 14.1. The molecule has 0 spiro atoms. The first-order valence-electron chi connectivity index (χ1n) is 24.5. The van der Waals surface area contributed by atoms with Crippen molar-refractivity contribution in [2.45, 2.75) is 172 Å². The molecule has 10 nitrogen and oxygen atoms in total. The number of halogens is 10. The van der Waals surface area contributed by atoms with Gasteiger partial charge < -0.3 is 28.2 Å². The van der Waals surface area contributed by atoms with Gasteiger partial charge in [-0.2, -0.15) is 48.0 Å². The van der Waals surface area contributed by atoms with Gasteiger partial charge in [0.15, 0.2) is 23.0 Å². The van der Waals surface area contributed by atoms with Crippen LogP contribution in [0.3, 0.4) is 0 Å². The Kier molecular flexibility index (Phi) is 25.0. The highest BCUT2D eigenvalue weighted by atomic mass is 127. The third kappa shape index (κ3) is 17.2. The number of ether oxygens (including phenoxy) is 3. The molecule has 2 saturated carbocycles. The normalized spacial score (nSPS) is 23.0. The molecule has 4 rings (SSSR count). The first-order valence-corrected chi connectivity index (χ1v) is 28.9. The Hall–Kier alpha value is -0.580. The van der Waals surface area contributed by atoms with Crippen LogP contribution in [0.25, 0.3) is 0 Å². The summed E-state index contributed by atoms with van der Waals surface area (Å²) in [5.41, 5.74) is -3.68. The van der Waals surface area contributed by atoms with E-state index in [0.29, 0.717) is 50.6 Å². The average Bonchev–Trinajstić information content (AvgIpc) is 3.60. The van der Waals surface area contributed by atoms with E-state index in [-0.39, 0.29) is 47.4 Å². The minimum atomic E-state index is -6.75. The lowest BCUT2D eigenvalue weighted by Gasteiger charge is -2.50. The number of nitrogens with zero attached hydrogens (tertiary/aromatic N) is 3. The molecule has 0 bridgehead atoms. The molecule has 71 heavy (non-hydrogen) atoms. The van der Waals surface area contributed by atoms with Crippen molar-refractivity contribution in [2.75, 3.05) is 65.5 Å². The summed E-state index contributed by atoms with van der Waals surface area (Å²) in [5.74, 6) is 3.31. The second-order valence-corrected chi connectivity index (χ2v) is 25.3. The molecule has 0 saturated heterocycles. The average molecular weight is 1200 g/mol. The summed E-state index contributed by atoms with van der Waals surface area (Å²) in [7, 11) is 3.82. The van der Waals surface area contributed by atoms with Gasteiger partial charge in [0.05, 0.1) is 58.2 Å². The zero-order chi connectivity index (χ0) is 52.8. The quantitative estimate of drug-likeness (QED) is 0.0135. The molecule has 7 unspecified atom stereocenters. The van der Waals surface area contributed by atoms with Gasteiger partial charge in [-0.15, -0.1) is 0 Å². The van der Waals surface area contributed by atoms with E-state index in [4.69, 9.17) is 31.9 Å². The number of aryl methyl sites for hydroxylation is 1. The predicted molar refractivity (Wildman–Crippen MR) is 269 cm³/mol. The zero-order valence-electron chi connectivity index (χ0n) is 42.2. The molecule has 23 heteroatoms. The van der Waals surface area contributed by atoms with E-state index < -0.39 is 45.8 Å². The van der Waals surface area contributed by atoms with Crippen molar-refractivity contribution >= 4 is 53.1 Å². The van der Waals surface area contributed by atoms with Gasteiger partial charge >= 0.3 is 24.1 Å². The molecule has 0 aromatic heterocycles. The Morgan fingerprint density at radius 2 is 1.55 bits per heavy atom. The molecule has 7 atom stereocenters. The molecule has 3 aliphatic rings. The summed E-state index contributed by atoms with van der Waals surface area (Å²) in [6.07, 6.45) is -10.5. The van der Waals surface area contributed by atoms with Crippen LogP contribution in [0.1, 0.15) is 130 Å². The van der Waals surface area contributed by atoms with Crippen molar-refractivity contribution in [1.29, 1.82) is 5.26 Å². The maximum Gasteiger partial charge on any atom is 0.435 e. The Morgan fingerprint density at radius 3 is 2.18 bits per heavy atom. The third-order valence-corrected chi connectivity index (χ3v) is 19.9. The maximum atomic E-state index is 13.2. The Labute approximate surface area is 438 Å². The number of likely N-dealkylation sites (N-methyl/N-ethyl adjacent to an activating group) is 1. The van der Waals surface area contributed by atoms with E-state index >= 15 is 0 Å². The van der Waals surface area contributed by atoms with E-state index in [1.807, 2.05) is 21.6 Å². The van der Waals surface area contributed by atoms with Crippen LogP contribution in [-0.2, 0) is 33.0 Å². The molecular weight excluding hydrogens is 1120 g/mol. The Morgan fingerprint density at radius 1 is 0.873 bits per heavy atom. The molecule has 0 heterocycles. The fourth-order valence-electron chi connectivity index (χ4n) is 10.5. The number of unbranched alkanes of at least 4 members (excludes halogenated alkanes) is 1. The highest BCUT2D eigenvalue weighted by Crippen LogP contribution is 2.62. The lowest BCUT2D eigenvalue weighted by atomic mass is 9.55. The van der Waals surface area contributed by atoms with Gasteiger partial charge in [-0.05, 0) is 153 Å². The van der Waals surface area contributed by atoms with Gasteiger partial charge in [0.2, 0.25) is 0 Å². The number of rotatable bonds is 31. The van der Waals surface area contributed by atoms with Crippen molar-refractivity contribution in [1.82, 2.24) is 9.57 Å². The van der Waals surface area contributed by atoms with E-state index in [0.717, 1.165) is 75.7 Å². The second kappa shape index (κ2) is 28.2. The molecule has 0 aliphatic heterocycles. The van der Waals surface area contributed by atoms with Crippen LogP contribution in [0.2, 0.25) is 0 Å². The Balaban J connectivity index is 1.18. The van der Waals surface area contributed by atoms with E-state index in [9.17, 15) is 39.5 Å². The second-order valence-electron chi connectivity index (χ2n) is 20.4. The SMILES string of the molecule is CC(C)N(C(C)C)P(OCCC#N)OCC(CCCCSSC(C)(C)CCOc1ccc2c(c1)CCC1C2CCC2(C)C(OCCN(C)CCOC(C(F)(F)F)(C(F)(F)F)C(F)(F)F)CCC12)COOI. The molecule has 1 aromatic rings. The van der Waals surface area contributed by atoms with Crippen molar-refractivity contribution in [3.8, 4) is 11.8 Å². The minimum Gasteiger partial charge on any atom is -0.494 e. The highest BCUT2D eigenvalue weighted by Gasteiger charge is 2.85. The van der Waals surface area contributed by atoms with Gasteiger partial charge in [0, 0.05) is 41.6 Å². The van der Waals surface area contributed by atoms with Crippen molar-refractivity contribution < 1.29 is 70.9 Å². The van der Waals surface area contributed by atoms with Crippen LogP contribution < -0.4 is 4.74 Å². The zero-order valence-corrected chi connectivity index (χ0v) is 46.8. The molecule has 0 N–H and O–H groups in total. The van der Waals surface area contributed by atoms with Crippen LogP contribution in [0.5, 0.6) is 5.75 Å². The lowest BCUT2D eigenvalue weighted by molar-refractivity contribution is -0.457. The van der Waals surface area contributed by atoms with E-state index in [1.165, 1.54) is 23.1 Å². The van der Waals surface area contributed by atoms with Gasteiger partial charge in [-0.1, -0.05) is 41.0 Å². The van der Waals surface area contributed by atoms with E-state index in [1.54, 1.807) is 23.0 Å². The first-order chi connectivity index (χ1) is 33.2. The topological polar surface area (TPSA) is 94.9 Å². The number of fused-ring (bicyclic) bond motifs is 5. The maximum absolute atomic E-state index is 13.2. The van der Waals surface area contributed by atoms with Crippen LogP contribution >= 0.6 is 53.1 Å². The predicted octanol–water partition coefficient (Wildman–Crippen LogP) is 14.6. The summed E-state index contributed by atoms with van der Waals surface area (Å²) >= 11 is 1.73. The summed E-state index contributed by atoms with van der Waals surface area (Å²) < 4.78 is 155. The summed E-state index contributed by atoms with van der Waals surface area (Å²) in [6.45, 7) is 15.2. The molecule has 3 aliphatic carbocycles. The lowest BCUT2D eigenvalue weighted by Crippen LogP contribution is -2.68. The van der Waals surface area contributed by atoms with Crippen molar-refractivity contribution in [3.63, 3.8) is 0 Å². The van der Waals surface area contributed by atoms with E-state index in [2.05, 4.69) is 82.1 Å². The number of nitriles is 1. The molecule has 0 radical (unpaired) electrons.